The molecule has 0 bridgehead atoms. The smallest absolute Gasteiger partial charge is 0.321 e. The zero-order valence-corrected chi connectivity index (χ0v) is 14.0. The van der Waals surface area contributed by atoms with Crippen LogP contribution < -0.4 is 5.32 Å². The molecule has 0 saturated carbocycles. The summed E-state index contributed by atoms with van der Waals surface area (Å²) in [5, 5.41) is 15.9. The van der Waals surface area contributed by atoms with E-state index in [0.717, 1.165) is 5.56 Å². The molecule has 1 fully saturated rings. The third-order valence-corrected chi connectivity index (χ3v) is 4.43. The van der Waals surface area contributed by atoms with Crippen molar-refractivity contribution in [3.63, 3.8) is 0 Å². The molecule has 25 heavy (non-hydrogen) atoms. The van der Waals surface area contributed by atoms with Gasteiger partial charge in [-0.3, -0.25) is 4.79 Å². The minimum absolute atomic E-state index is 0.126. The van der Waals surface area contributed by atoms with E-state index in [4.69, 9.17) is 0 Å². The van der Waals surface area contributed by atoms with Crippen molar-refractivity contribution in [2.24, 2.45) is 5.41 Å². The maximum absolute atomic E-state index is 14.3. The van der Waals surface area contributed by atoms with Crippen molar-refractivity contribution in [2.45, 2.75) is 20.3 Å². The Hall–Kier alpha value is -2.90. The zero-order chi connectivity index (χ0) is 18.2. The summed E-state index contributed by atoms with van der Waals surface area (Å²) in [6.07, 6.45) is 3.72. The number of carbonyl (C=O) groups excluding carboxylic acids is 1. The number of hydrogen-bond donors (Lipinski definition) is 2. The molecule has 2 N–H and O–H groups in total. The Kier molecular flexibility index (Phi) is 4.20. The highest BCUT2D eigenvalue weighted by Gasteiger charge is 2.42. The maximum Gasteiger partial charge on any atom is 0.321 e. The fourth-order valence-electron chi connectivity index (χ4n) is 2.83. The first-order chi connectivity index (χ1) is 11.8. The summed E-state index contributed by atoms with van der Waals surface area (Å²) >= 11 is 0. The second-order valence-corrected chi connectivity index (χ2v) is 6.60. The average Bonchev–Trinajstić information content (AvgIpc) is 3.15. The number of aryl methyl sites for hydroxylation is 1. The Morgan fingerprint density at radius 3 is 2.72 bits per heavy atom. The van der Waals surface area contributed by atoms with E-state index < -0.39 is 23.2 Å². The number of hydrogen-bond acceptors (Lipinski definition) is 3. The van der Waals surface area contributed by atoms with Crippen LogP contribution in [0.1, 0.15) is 18.9 Å². The number of urea groups is 1. The Morgan fingerprint density at radius 1 is 1.40 bits per heavy atom. The van der Waals surface area contributed by atoms with Crippen molar-refractivity contribution < 1.29 is 19.1 Å². The number of benzene rings is 1. The van der Waals surface area contributed by atoms with Gasteiger partial charge in [-0.05, 0) is 44.0 Å². The molecule has 0 spiro atoms. The summed E-state index contributed by atoms with van der Waals surface area (Å²) in [6, 6.07) is 3.89. The molecule has 1 aromatic carbocycles. The van der Waals surface area contributed by atoms with Gasteiger partial charge in [-0.1, -0.05) is 0 Å². The number of amides is 2. The summed E-state index contributed by atoms with van der Waals surface area (Å²) in [4.78, 5) is 25.0. The van der Waals surface area contributed by atoms with Gasteiger partial charge in [-0.2, -0.15) is 5.10 Å². The van der Waals surface area contributed by atoms with E-state index in [1.165, 1.54) is 21.7 Å². The number of aliphatic carboxylic acids is 1. The molecule has 132 valence electrons. The van der Waals surface area contributed by atoms with Crippen molar-refractivity contribution in [2.75, 3.05) is 18.4 Å². The van der Waals surface area contributed by atoms with E-state index in [0.29, 0.717) is 18.7 Å². The van der Waals surface area contributed by atoms with Gasteiger partial charge in [0, 0.05) is 25.0 Å². The molecule has 1 aliphatic rings. The quantitative estimate of drug-likeness (QED) is 0.894. The highest BCUT2D eigenvalue weighted by molar-refractivity contribution is 5.90. The Labute approximate surface area is 144 Å². The monoisotopic (exact) mass is 346 g/mol. The van der Waals surface area contributed by atoms with Crippen LogP contribution in [-0.2, 0) is 4.79 Å². The molecule has 0 aliphatic carbocycles. The van der Waals surface area contributed by atoms with Crippen LogP contribution in [0.15, 0.2) is 30.6 Å². The van der Waals surface area contributed by atoms with Crippen LogP contribution in [0.2, 0.25) is 0 Å². The zero-order valence-electron chi connectivity index (χ0n) is 14.0. The molecule has 3 rings (SSSR count). The van der Waals surface area contributed by atoms with Crippen molar-refractivity contribution >= 4 is 17.7 Å². The van der Waals surface area contributed by atoms with Crippen LogP contribution in [0.5, 0.6) is 0 Å². The van der Waals surface area contributed by atoms with Crippen molar-refractivity contribution in [3.8, 4) is 5.69 Å². The summed E-state index contributed by atoms with van der Waals surface area (Å²) < 4.78 is 15.7. The van der Waals surface area contributed by atoms with E-state index in [9.17, 15) is 19.1 Å². The molecule has 2 aromatic rings. The first kappa shape index (κ1) is 16.9. The third-order valence-electron chi connectivity index (χ3n) is 4.43. The van der Waals surface area contributed by atoms with Crippen LogP contribution in [0, 0.1) is 18.2 Å². The van der Waals surface area contributed by atoms with Gasteiger partial charge in [0.05, 0.1) is 11.6 Å². The van der Waals surface area contributed by atoms with Gasteiger partial charge < -0.3 is 15.3 Å². The number of anilines is 1. The highest BCUT2D eigenvalue weighted by Crippen LogP contribution is 2.30. The van der Waals surface area contributed by atoms with E-state index in [2.05, 4.69) is 10.4 Å². The molecule has 1 saturated heterocycles. The number of aromatic nitrogens is 2. The number of likely N-dealkylation sites (tertiary alicyclic amines) is 1. The molecular formula is C17H19FN4O3. The number of nitrogens with one attached hydrogen (secondary N) is 1. The van der Waals surface area contributed by atoms with E-state index in [1.807, 2.05) is 6.92 Å². The van der Waals surface area contributed by atoms with Gasteiger partial charge >= 0.3 is 12.0 Å². The summed E-state index contributed by atoms with van der Waals surface area (Å²) in [7, 11) is 0. The lowest BCUT2D eigenvalue weighted by molar-refractivity contribution is -0.146. The second-order valence-electron chi connectivity index (χ2n) is 6.60. The first-order valence-electron chi connectivity index (χ1n) is 7.89. The molecule has 1 aliphatic heterocycles. The number of carboxylic acids is 1. The van der Waals surface area contributed by atoms with Gasteiger partial charge in [-0.25, -0.2) is 13.9 Å². The molecule has 8 heteroatoms. The normalized spacial score (nSPS) is 19.9. The van der Waals surface area contributed by atoms with Gasteiger partial charge in [0.2, 0.25) is 0 Å². The number of nitrogens with zero attached hydrogens (tertiary/aromatic N) is 3. The van der Waals surface area contributed by atoms with Crippen LogP contribution >= 0.6 is 0 Å². The average molecular weight is 346 g/mol. The Morgan fingerprint density at radius 2 is 2.16 bits per heavy atom. The van der Waals surface area contributed by atoms with Crippen LogP contribution in [0.25, 0.3) is 5.69 Å². The lowest BCUT2D eigenvalue weighted by atomic mass is 9.90. The summed E-state index contributed by atoms with van der Waals surface area (Å²) in [5.41, 5.74) is 0.557. The van der Waals surface area contributed by atoms with Crippen molar-refractivity contribution in [3.05, 3.63) is 42.0 Å². The molecule has 2 heterocycles. The fourth-order valence-corrected chi connectivity index (χ4v) is 2.83. The largest absolute Gasteiger partial charge is 0.481 e. The minimum atomic E-state index is -0.940. The molecule has 2 amide bonds. The predicted octanol–water partition coefficient (Wildman–Crippen LogP) is 2.65. The SMILES string of the molecule is Cc1cnn(-c2ccc(NC(=O)N3CCC(C)(C(=O)O)C3)cc2F)c1. The van der Waals surface area contributed by atoms with Crippen LogP contribution in [0.4, 0.5) is 14.9 Å². The first-order valence-corrected chi connectivity index (χ1v) is 7.89. The van der Waals surface area contributed by atoms with E-state index in [-0.39, 0.29) is 12.2 Å². The van der Waals surface area contributed by atoms with Crippen LogP contribution in [0.3, 0.4) is 0 Å². The summed E-state index contributed by atoms with van der Waals surface area (Å²) in [6.45, 7) is 3.95. The van der Waals surface area contributed by atoms with Gasteiger partial charge in [-0.15, -0.1) is 0 Å². The van der Waals surface area contributed by atoms with E-state index in [1.54, 1.807) is 25.4 Å². The number of carbonyl (C=O) groups is 2. The van der Waals surface area contributed by atoms with Crippen LogP contribution in [-0.4, -0.2) is 44.9 Å². The molecule has 1 unspecified atom stereocenters. The molecule has 0 radical (unpaired) electrons. The summed E-state index contributed by atoms with van der Waals surface area (Å²) in [5.74, 6) is -1.44. The second kappa shape index (κ2) is 6.19. The van der Waals surface area contributed by atoms with Crippen molar-refractivity contribution in [1.29, 1.82) is 0 Å². The Balaban J connectivity index is 1.70. The van der Waals surface area contributed by atoms with Gasteiger partial charge in [0.15, 0.2) is 5.82 Å². The molecule has 1 aromatic heterocycles. The molecular weight excluding hydrogens is 327 g/mol. The fraction of sp³-hybridized carbons (Fsp3) is 0.353. The third kappa shape index (κ3) is 3.33. The topological polar surface area (TPSA) is 87.5 Å². The Bertz CT molecular complexity index is 835. The van der Waals surface area contributed by atoms with E-state index >= 15 is 0 Å². The number of rotatable bonds is 3. The van der Waals surface area contributed by atoms with Gasteiger partial charge in [0.1, 0.15) is 5.69 Å². The lowest BCUT2D eigenvalue weighted by Gasteiger charge is -2.20. The predicted molar refractivity (Wildman–Crippen MR) is 89.2 cm³/mol. The number of carboxylic acid groups (broad SMARTS) is 1. The van der Waals surface area contributed by atoms with Gasteiger partial charge in [0.25, 0.3) is 0 Å². The standard InChI is InChI=1S/C17H19FN4O3/c1-11-8-19-22(9-11)14-4-3-12(7-13(14)18)20-16(25)21-6-5-17(2,10-21)15(23)24/h3-4,7-9H,5-6,10H2,1-2H3,(H,20,25)(H,23,24). The maximum atomic E-state index is 14.3. The number of halogens is 1. The highest BCUT2D eigenvalue weighted by atomic mass is 19.1. The minimum Gasteiger partial charge on any atom is -0.481 e. The molecule has 1 atom stereocenters. The molecule has 7 nitrogen and oxygen atoms in total. The lowest BCUT2D eigenvalue weighted by Crippen LogP contribution is -2.37. The van der Waals surface area contributed by atoms with Crippen molar-refractivity contribution in [1.82, 2.24) is 14.7 Å².